The van der Waals surface area contributed by atoms with Crippen LogP contribution >= 0.6 is 0 Å². The second kappa shape index (κ2) is 4.30. The monoisotopic (exact) mass is 224 g/mol. The molecule has 0 aromatic carbocycles. The van der Waals surface area contributed by atoms with Crippen molar-refractivity contribution in [3.63, 3.8) is 0 Å². The standard InChI is InChI=1S/C14H28N2/c1-10(11-6-7-11)16(5)12-8-9-14(2,3)13(12)15-4/h10-13,15H,6-9H2,1-5H3. The van der Waals surface area contributed by atoms with E-state index in [-0.39, 0.29) is 0 Å². The van der Waals surface area contributed by atoms with Crippen molar-refractivity contribution in [1.29, 1.82) is 0 Å². The molecule has 0 aromatic heterocycles. The molecule has 0 radical (unpaired) electrons. The Morgan fingerprint density at radius 2 is 1.88 bits per heavy atom. The molecule has 2 fully saturated rings. The van der Waals surface area contributed by atoms with Gasteiger partial charge < -0.3 is 5.32 Å². The molecule has 2 heteroatoms. The van der Waals surface area contributed by atoms with Gasteiger partial charge in [0.25, 0.3) is 0 Å². The van der Waals surface area contributed by atoms with Crippen LogP contribution < -0.4 is 5.32 Å². The molecule has 0 bridgehead atoms. The largest absolute Gasteiger partial charge is 0.315 e. The molecule has 3 atom stereocenters. The molecule has 16 heavy (non-hydrogen) atoms. The van der Waals surface area contributed by atoms with Crippen LogP contribution in [-0.2, 0) is 0 Å². The molecule has 94 valence electrons. The maximum Gasteiger partial charge on any atom is 0.0271 e. The smallest absolute Gasteiger partial charge is 0.0271 e. The number of hydrogen-bond donors (Lipinski definition) is 1. The molecule has 0 heterocycles. The lowest BCUT2D eigenvalue weighted by Gasteiger charge is -2.38. The first-order chi connectivity index (χ1) is 7.47. The van der Waals surface area contributed by atoms with Crippen LogP contribution in [0.2, 0.25) is 0 Å². The summed E-state index contributed by atoms with van der Waals surface area (Å²) in [4.78, 5) is 2.65. The maximum atomic E-state index is 3.56. The van der Waals surface area contributed by atoms with Crippen molar-refractivity contribution >= 4 is 0 Å². The van der Waals surface area contributed by atoms with E-state index < -0.39 is 0 Å². The third-order valence-corrected chi connectivity index (χ3v) is 5.09. The Labute approximate surface area is 101 Å². The lowest BCUT2D eigenvalue weighted by Crippen LogP contribution is -2.52. The van der Waals surface area contributed by atoms with Gasteiger partial charge in [0.05, 0.1) is 0 Å². The van der Waals surface area contributed by atoms with E-state index in [4.69, 9.17) is 0 Å². The number of hydrogen-bond acceptors (Lipinski definition) is 2. The molecular formula is C14H28N2. The highest BCUT2D eigenvalue weighted by atomic mass is 15.2. The number of nitrogens with zero attached hydrogens (tertiary/aromatic N) is 1. The zero-order chi connectivity index (χ0) is 11.9. The van der Waals surface area contributed by atoms with Gasteiger partial charge in [0.15, 0.2) is 0 Å². The molecule has 0 spiro atoms. The van der Waals surface area contributed by atoms with Crippen molar-refractivity contribution < 1.29 is 0 Å². The molecule has 2 saturated carbocycles. The number of likely N-dealkylation sites (N-methyl/N-ethyl adjacent to an activating group) is 2. The first kappa shape index (κ1) is 12.4. The molecular weight excluding hydrogens is 196 g/mol. The van der Waals surface area contributed by atoms with E-state index in [9.17, 15) is 0 Å². The number of nitrogens with one attached hydrogen (secondary N) is 1. The van der Waals surface area contributed by atoms with Gasteiger partial charge in [-0.2, -0.15) is 0 Å². The van der Waals surface area contributed by atoms with E-state index in [0.717, 1.165) is 18.0 Å². The van der Waals surface area contributed by atoms with Gasteiger partial charge in [0.1, 0.15) is 0 Å². The van der Waals surface area contributed by atoms with Crippen LogP contribution in [0.1, 0.15) is 46.5 Å². The fourth-order valence-corrected chi connectivity index (χ4v) is 3.60. The summed E-state index contributed by atoms with van der Waals surface area (Å²) in [6.07, 6.45) is 5.61. The SMILES string of the molecule is CNC1C(N(C)C(C)C2CC2)CCC1(C)C. The summed E-state index contributed by atoms with van der Waals surface area (Å²) in [5, 5.41) is 3.56. The topological polar surface area (TPSA) is 15.3 Å². The van der Waals surface area contributed by atoms with Crippen molar-refractivity contribution in [3.05, 3.63) is 0 Å². The zero-order valence-corrected chi connectivity index (χ0v) is 11.6. The zero-order valence-electron chi connectivity index (χ0n) is 11.6. The number of rotatable bonds is 4. The van der Waals surface area contributed by atoms with Crippen molar-refractivity contribution in [2.75, 3.05) is 14.1 Å². The Morgan fingerprint density at radius 1 is 1.25 bits per heavy atom. The van der Waals surface area contributed by atoms with Gasteiger partial charge in [0.2, 0.25) is 0 Å². The minimum atomic E-state index is 0.455. The summed E-state index contributed by atoms with van der Waals surface area (Å²) in [5.41, 5.74) is 0.455. The predicted molar refractivity (Wildman–Crippen MR) is 69.6 cm³/mol. The Kier molecular flexibility index (Phi) is 3.33. The summed E-state index contributed by atoms with van der Waals surface area (Å²) < 4.78 is 0. The van der Waals surface area contributed by atoms with Crippen LogP contribution in [0, 0.1) is 11.3 Å². The van der Waals surface area contributed by atoms with E-state index in [1.165, 1.54) is 25.7 Å². The normalized spacial score (nSPS) is 35.6. The Bertz CT molecular complexity index is 245. The van der Waals surface area contributed by atoms with Gasteiger partial charge in [-0.05, 0) is 58.0 Å². The molecule has 0 amide bonds. The average Bonchev–Trinajstić information content (AvgIpc) is 3.01. The van der Waals surface area contributed by atoms with Crippen molar-refractivity contribution in [1.82, 2.24) is 10.2 Å². The quantitative estimate of drug-likeness (QED) is 0.789. The fraction of sp³-hybridized carbons (Fsp3) is 1.00. The minimum absolute atomic E-state index is 0.455. The van der Waals surface area contributed by atoms with Gasteiger partial charge in [-0.15, -0.1) is 0 Å². The molecule has 0 saturated heterocycles. The Hall–Kier alpha value is -0.0800. The Balaban J connectivity index is 2.03. The fourth-order valence-electron chi connectivity index (χ4n) is 3.60. The van der Waals surface area contributed by atoms with Crippen molar-refractivity contribution in [2.45, 2.75) is 64.6 Å². The molecule has 0 aliphatic heterocycles. The summed E-state index contributed by atoms with van der Waals surface area (Å²) in [7, 11) is 4.46. The molecule has 0 aromatic rings. The lowest BCUT2D eigenvalue weighted by atomic mass is 9.86. The van der Waals surface area contributed by atoms with Gasteiger partial charge in [-0.25, -0.2) is 0 Å². The molecule has 2 rings (SSSR count). The highest BCUT2D eigenvalue weighted by Crippen LogP contribution is 2.42. The highest BCUT2D eigenvalue weighted by molar-refractivity contribution is 5.01. The van der Waals surface area contributed by atoms with Crippen LogP contribution in [0.3, 0.4) is 0 Å². The van der Waals surface area contributed by atoms with Crippen molar-refractivity contribution in [2.24, 2.45) is 11.3 Å². The van der Waals surface area contributed by atoms with Crippen LogP contribution in [0.4, 0.5) is 0 Å². The molecule has 2 nitrogen and oxygen atoms in total. The van der Waals surface area contributed by atoms with E-state index in [1.807, 2.05) is 0 Å². The molecule has 2 aliphatic rings. The second-order valence-electron chi connectivity index (χ2n) is 6.60. The third-order valence-electron chi connectivity index (χ3n) is 5.09. The van der Waals surface area contributed by atoms with Gasteiger partial charge in [0, 0.05) is 18.1 Å². The van der Waals surface area contributed by atoms with Crippen LogP contribution in [-0.4, -0.2) is 37.1 Å². The van der Waals surface area contributed by atoms with E-state index in [2.05, 4.69) is 45.1 Å². The van der Waals surface area contributed by atoms with E-state index >= 15 is 0 Å². The minimum Gasteiger partial charge on any atom is -0.315 e. The summed E-state index contributed by atoms with van der Waals surface area (Å²) in [5.74, 6) is 0.978. The lowest BCUT2D eigenvalue weighted by molar-refractivity contribution is 0.128. The summed E-state index contributed by atoms with van der Waals surface area (Å²) in [6.45, 7) is 7.23. The van der Waals surface area contributed by atoms with Gasteiger partial charge in [-0.1, -0.05) is 13.8 Å². The van der Waals surface area contributed by atoms with Gasteiger partial charge >= 0.3 is 0 Å². The van der Waals surface area contributed by atoms with Crippen LogP contribution in [0.25, 0.3) is 0 Å². The van der Waals surface area contributed by atoms with E-state index in [0.29, 0.717) is 11.5 Å². The average molecular weight is 224 g/mol. The highest BCUT2D eigenvalue weighted by Gasteiger charge is 2.45. The molecule has 3 unspecified atom stereocenters. The summed E-state index contributed by atoms with van der Waals surface area (Å²) in [6, 6.07) is 2.16. The van der Waals surface area contributed by atoms with Crippen molar-refractivity contribution in [3.8, 4) is 0 Å². The predicted octanol–water partition coefficient (Wildman–Crippen LogP) is 2.49. The van der Waals surface area contributed by atoms with Crippen LogP contribution in [0.15, 0.2) is 0 Å². The van der Waals surface area contributed by atoms with Gasteiger partial charge in [-0.3, -0.25) is 4.90 Å². The maximum absolute atomic E-state index is 3.56. The molecule has 1 N–H and O–H groups in total. The first-order valence-electron chi connectivity index (χ1n) is 6.86. The summed E-state index contributed by atoms with van der Waals surface area (Å²) >= 11 is 0. The first-order valence-corrected chi connectivity index (χ1v) is 6.86. The second-order valence-corrected chi connectivity index (χ2v) is 6.60. The third kappa shape index (κ3) is 2.14. The molecule has 2 aliphatic carbocycles. The van der Waals surface area contributed by atoms with E-state index in [1.54, 1.807) is 0 Å². The Morgan fingerprint density at radius 3 is 2.38 bits per heavy atom. The van der Waals surface area contributed by atoms with Crippen LogP contribution in [0.5, 0.6) is 0 Å².